The molecule has 5 rings (SSSR count). The minimum Gasteiger partial charge on any atom is -0.333 e. The lowest BCUT2D eigenvalue weighted by Gasteiger charge is -2.34. The van der Waals surface area contributed by atoms with Crippen molar-refractivity contribution in [2.75, 3.05) is 6.54 Å². The number of halogens is 2. The fraction of sp³-hybridized carbons (Fsp3) is 0.526. The highest BCUT2D eigenvalue weighted by Gasteiger charge is 2.50. The highest BCUT2D eigenvalue weighted by Crippen LogP contribution is 2.48. The minimum atomic E-state index is 0. The fourth-order valence-corrected chi connectivity index (χ4v) is 5.06. The number of carbonyl (C=O) groups excluding carboxylic acids is 1. The Morgan fingerprint density at radius 2 is 1.78 bits per heavy atom. The van der Waals surface area contributed by atoms with Gasteiger partial charge in [-0.15, -0.1) is 35.0 Å². The summed E-state index contributed by atoms with van der Waals surface area (Å²) >= 11 is 0. The van der Waals surface area contributed by atoms with Crippen LogP contribution in [-0.4, -0.2) is 38.2 Å². The molecule has 146 valence electrons. The largest absolute Gasteiger partial charge is 0.333 e. The maximum Gasteiger partial charge on any atom is 0.228 e. The van der Waals surface area contributed by atoms with Gasteiger partial charge in [0, 0.05) is 24.7 Å². The van der Waals surface area contributed by atoms with Crippen LogP contribution in [0.5, 0.6) is 0 Å². The number of carbonyl (C=O) groups is 1. The van der Waals surface area contributed by atoms with E-state index in [1.54, 1.807) is 0 Å². The normalized spacial score (nSPS) is 28.3. The Labute approximate surface area is 171 Å². The summed E-state index contributed by atoms with van der Waals surface area (Å²) in [7, 11) is 0. The number of hydrogen-bond acceptors (Lipinski definition) is 4. The van der Waals surface area contributed by atoms with Crippen molar-refractivity contribution in [2.45, 2.75) is 38.4 Å². The molecule has 1 aromatic carbocycles. The van der Waals surface area contributed by atoms with Crippen LogP contribution in [0.1, 0.15) is 25.1 Å². The smallest absolute Gasteiger partial charge is 0.228 e. The van der Waals surface area contributed by atoms with E-state index in [1.165, 1.54) is 6.42 Å². The van der Waals surface area contributed by atoms with E-state index in [-0.39, 0.29) is 42.7 Å². The zero-order valence-corrected chi connectivity index (χ0v) is 16.7. The van der Waals surface area contributed by atoms with Gasteiger partial charge in [0.15, 0.2) is 11.6 Å². The number of nitrogens with two attached hydrogens (primary N) is 1. The van der Waals surface area contributed by atoms with Crippen LogP contribution in [0.2, 0.25) is 0 Å². The predicted molar refractivity (Wildman–Crippen MR) is 108 cm³/mol. The molecular formula is C19H25Cl2N5O. The van der Waals surface area contributed by atoms with Crippen LogP contribution in [0.3, 0.4) is 0 Å². The Hall–Kier alpha value is -1.63. The lowest BCUT2D eigenvalue weighted by Crippen LogP contribution is -2.49. The van der Waals surface area contributed by atoms with E-state index in [2.05, 4.69) is 14.8 Å². The minimum absolute atomic E-state index is 0. The van der Waals surface area contributed by atoms with Crippen LogP contribution in [-0.2, 0) is 17.9 Å². The summed E-state index contributed by atoms with van der Waals surface area (Å²) in [6, 6.07) is 10.1. The third kappa shape index (κ3) is 3.24. The molecular weight excluding hydrogens is 385 g/mol. The van der Waals surface area contributed by atoms with Gasteiger partial charge in [0.25, 0.3) is 0 Å². The molecule has 2 heterocycles. The standard InChI is InChI=1S/C19H23N5O.2ClH/c20-17-14-7-6-13(10-14)16(17)19(25)23-8-9-24-15(11-23)21-22-18(24)12-4-2-1-3-5-12;;/h1-5,13-14,16-17H,6-11,20H2;2*1H. The van der Waals surface area contributed by atoms with Gasteiger partial charge >= 0.3 is 0 Å². The molecule has 8 heteroatoms. The summed E-state index contributed by atoms with van der Waals surface area (Å²) in [6.07, 6.45) is 3.50. The lowest BCUT2D eigenvalue weighted by molar-refractivity contribution is -0.139. The summed E-state index contributed by atoms with van der Waals surface area (Å²) in [5, 5.41) is 8.71. The molecule has 2 aliphatic carbocycles. The zero-order valence-electron chi connectivity index (χ0n) is 15.0. The van der Waals surface area contributed by atoms with Gasteiger partial charge in [0.1, 0.15) is 0 Å². The molecule has 2 fully saturated rings. The summed E-state index contributed by atoms with van der Waals surface area (Å²) < 4.78 is 2.14. The van der Waals surface area contributed by atoms with Gasteiger partial charge in [0.05, 0.1) is 12.5 Å². The van der Waals surface area contributed by atoms with Crippen molar-refractivity contribution in [2.24, 2.45) is 23.5 Å². The molecule has 2 bridgehead atoms. The summed E-state index contributed by atoms with van der Waals surface area (Å²) in [5.41, 5.74) is 7.43. The molecule has 6 nitrogen and oxygen atoms in total. The Morgan fingerprint density at radius 1 is 1.04 bits per heavy atom. The number of aromatic nitrogens is 3. The van der Waals surface area contributed by atoms with Crippen LogP contribution >= 0.6 is 24.8 Å². The van der Waals surface area contributed by atoms with Crippen molar-refractivity contribution in [3.05, 3.63) is 36.2 Å². The molecule has 0 spiro atoms. The van der Waals surface area contributed by atoms with Crippen LogP contribution in [0, 0.1) is 17.8 Å². The van der Waals surface area contributed by atoms with E-state index in [0.717, 1.165) is 36.6 Å². The van der Waals surface area contributed by atoms with E-state index in [0.29, 0.717) is 24.9 Å². The van der Waals surface area contributed by atoms with E-state index in [1.807, 2.05) is 35.2 Å². The predicted octanol–water partition coefficient (Wildman–Crippen LogP) is 2.50. The first kappa shape index (κ1) is 20.1. The molecule has 2 aromatic rings. The number of nitrogens with zero attached hydrogens (tertiary/aromatic N) is 4. The maximum atomic E-state index is 13.1. The molecule has 1 aromatic heterocycles. The average molecular weight is 410 g/mol. The third-order valence-corrected chi connectivity index (χ3v) is 6.36. The van der Waals surface area contributed by atoms with E-state index in [9.17, 15) is 4.79 Å². The number of rotatable bonds is 2. The average Bonchev–Trinajstić information content (AvgIpc) is 3.35. The van der Waals surface area contributed by atoms with Gasteiger partial charge in [-0.05, 0) is 31.1 Å². The topological polar surface area (TPSA) is 77.0 Å². The second-order valence-electron chi connectivity index (χ2n) is 7.65. The van der Waals surface area contributed by atoms with Crippen LogP contribution in [0.4, 0.5) is 0 Å². The Bertz CT molecular complexity index is 810. The SMILES string of the molecule is Cl.Cl.NC1C2CCC(C2)C1C(=O)N1CCn2c(nnc2-c2ccccc2)C1. The molecule has 4 unspecified atom stereocenters. The molecule has 4 atom stereocenters. The molecule has 3 aliphatic rings. The van der Waals surface area contributed by atoms with Gasteiger partial charge in [0.2, 0.25) is 5.91 Å². The van der Waals surface area contributed by atoms with Crippen LogP contribution < -0.4 is 5.73 Å². The fourth-order valence-electron chi connectivity index (χ4n) is 5.06. The zero-order chi connectivity index (χ0) is 17.0. The molecule has 1 aliphatic heterocycles. The molecule has 0 radical (unpaired) electrons. The molecule has 1 amide bonds. The Morgan fingerprint density at radius 3 is 2.48 bits per heavy atom. The first-order valence-corrected chi connectivity index (χ1v) is 9.24. The summed E-state index contributed by atoms with van der Waals surface area (Å²) in [5.74, 6) is 3.05. The van der Waals surface area contributed by atoms with Gasteiger partial charge in [-0.2, -0.15) is 0 Å². The highest BCUT2D eigenvalue weighted by molar-refractivity contribution is 5.85. The first-order valence-electron chi connectivity index (χ1n) is 9.24. The number of amides is 1. The quantitative estimate of drug-likeness (QED) is 0.826. The Kier molecular flexibility index (Phi) is 5.79. The van der Waals surface area contributed by atoms with Crippen molar-refractivity contribution < 1.29 is 4.79 Å². The number of fused-ring (bicyclic) bond motifs is 3. The lowest BCUT2D eigenvalue weighted by atomic mass is 9.84. The maximum absolute atomic E-state index is 13.1. The van der Waals surface area contributed by atoms with E-state index >= 15 is 0 Å². The molecule has 2 N–H and O–H groups in total. The van der Waals surface area contributed by atoms with Crippen LogP contribution in [0.25, 0.3) is 11.4 Å². The third-order valence-electron chi connectivity index (χ3n) is 6.36. The van der Waals surface area contributed by atoms with Crippen molar-refractivity contribution in [1.82, 2.24) is 19.7 Å². The number of benzene rings is 1. The Balaban J connectivity index is 0.00000105. The van der Waals surface area contributed by atoms with Crippen molar-refractivity contribution in [1.29, 1.82) is 0 Å². The van der Waals surface area contributed by atoms with Gasteiger partial charge in [-0.25, -0.2) is 0 Å². The first-order chi connectivity index (χ1) is 12.2. The molecule has 27 heavy (non-hydrogen) atoms. The van der Waals surface area contributed by atoms with Crippen molar-refractivity contribution in [3.8, 4) is 11.4 Å². The highest BCUT2D eigenvalue weighted by atomic mass is 35.5. The summed E-state index contributed by atoms with van der Waals surface area (Å²) in [4.78, 5) is 15.0. The van der Waals surface area contributed by atoms with E-state index in [4.69, 9.17) is 5.73 Å². The van der Waals surface area contributed by atoms with Crippen molar-refractivity contribution >= 4 is 30.7 Å². The molecule has 2 saturated carbocycles. The second-order valence-corrected chi connectivity index (χ2v) is 7.65. The van der Waals surface area contributed by atoms with Crippen molar-refractivity contribution in [3.63, 3.8) is 0 Å². The van der Waals surface area contributed by atoms with Gasteiger partial charge in [-0.3, -0.25) is 4.79 Å². The van der Waals surface area contributed by atoms with E-state index < -0.39 is 0 Å². The second kappa shape index (κ2) is 7.78. The molecule has 0 saturated heterocycles. The van der Waals surface area contributed by atoms with Crippen LogP contribution in [0.15, 0.2) is 30.3 Å². The summed E-state index contributed by atoms with van der Waals surface area (Å²) in [6.45, 7) is 2.00. The monoisotopic (exact) mass is 409 g/mol. The van der Waals surface area contributed by atoms with Gasteiger partial charge < -0.3 is 15.2 Å². The van der Waals surface area contributed by atoms with Gasteiger partial charge in [-0.1, -0.05) is 30.3 Å². The number of hydrogen-bond donors (Lipinski definition) is 1.